The summed E-state index contributed by atoms with van der Waals surface area (Å²) in [5.41, 5.74) is 0.239. The maximum absolute atomic E-state index is 11.0. The van der Waals surface area contributed by atoms with Crippen LogP contribution in [0.25, 0.3) is 0 Å². The van der Waals surface area contributed by atoms with E-state index in [1.807, 2.05) is 30.3 Å². The van der Waals surface area contributed by atoms with E-state index in [1.165, 1.54) is 19.3 Å². The van der Waals surface area contributed by atoms with Gasteiger partial charge >= 0.3 is 0 Å². The quantitative estimate of drug-likeness (QED) is 0.624. The second-order valence-corrected chi connectivity index (χ2v) is 5.84. The normalized spacial score (nSPS) is 16.0. The first-order valence-electron chi connectivity index (χ1n) is 7.50. The van der Waals surface area contributed by atoms with Gasteiger partial charge in [-0.05, 0) is 24.3 Å². The Hall–Kier alpha value is -0.530. The van der Waals surface area contributed by atoms with E-state index in [-0.39, 0.29) is 0 Å². The van der Waals surface area contributed by atoms with E-state index in [0.29, 0.717) is 18.2 Å². The highest BCUT2D eigenvalue weighted by atomic mass is 35.5. The summed E-state index contributed by atoms with van der Waals surface area (Å²) in [5, 5.41) is 11.0. The molecule has 1 rings (SSSR count). The molecule has 1 nitrogen and oxygen atoms in total. The number of benzene rings is 1. The Morgan fingerprint density at radius 2 is 1.89 bits per heavy atom. The van der Waals surface area contributed by atoms with Gasteiger partial charge in [-0.25, -0.2) is 0 Å². The molecular formula is C17H27ClO. The number of unbranched alkanes of at least 4 members (excludes halogenated alkanes) is 1. The Labute approximate surface area is 123 Å². The fraction of sp³-hybridized carbons (Fsp3) is 0.647. The van der Waals surface area contributed by atoms with E-state index >= 15 is 0 Å². The largest absolute Gasteiger partial charge is 0.385 e. The van der Waals surface area contributed by atoms with E-state index in [1.54, 1.807) is 0 Å². The third-order valence-corrected chi connectivity index (χ3v) is 4.18. The van der Waals surface area contributed by atoms with Crippen molar-refractivity contribution in [2.24, 2.45) is 5.92 Å². The third-order valence-electron chi connectivity index (χ3n) is 3.99. The molecule has 1 aromatic rings. The topological polar surface area (TPSA) is 20.2 Å². The van der Waals surface area contributed by atoms with Gasteiger partial charge in [-0.2, -0.15) is 0 Å². The Bertz CT molecular complexity index is 338. The molecular weight excluding hydrogens is 256 g/mol. The third kappa shape index (κ3) is 5.16. The summed E-state index contributed by atoms with van der Waals surface area (Å²) in [7, 11) is 0. The number of hydrogen-bond donors (Lipinski definition) is 1. The van der Waals surface area contributed by atoms with Gasteiger partial charge in [0.25, 0.3) is 0 Å². The molecule has 0 aliphatic heterocycles. The van der Waals surface area contributed by atoms with Crippen LogP contribution in [0.2, 0.25) is 0 Å². The van der Waals surface area contributed by atoms with Gasteiger partial charge in [0.1, 0.15) is 0 Å². The van der Waals surface area contributed by atoms with Crippen molar-refractivity contribution in [1.29, 1.82) is 0 Å². The molecule has 0 saturated heterocycles. The van der Waals surface area contributed by atoms with Gasteiger partial charge in [-0.1, -0.05) is 69.9 Å². The van der Waals surface area contributed by atoms with E-state index < -0.39 is 5.60 Å². The molecule has 2 atom stereocenters. The summed E-state index contributed by atoms with van der Waals surface area (Å²) in [5.74, 6) is 1.07. The number of rotatable bonds is 9. The smallest absolute Gasteiger partial charge is 0.0910 e. The Morgan fingerprint density at radius 1 is 1.21 bits per heavy atom. The molecule has 19 heavy (non-hydrogen) atoms. The fourth-order valence-corrected chi connectivity index (χ4v) is 3.00. The molecule has 1 N–H and O–H groups in total. The van der Waals surface area contributed by atoms with Crippen molar-refractivity contribution in [2.75, 3.05) is 5.88 Å². The summed E-state index contributed by atoms with van der Waals surface area (Å²) in [4.78, 5) is 0. The summed E-state index contributed by atoms with van der Waals surface area (Å²) in [6, 6.07) is 9.99. The highest BCUT2D eigenvalue weighted by Crippen LogP contribution is 2.35. The van der Waals surface area contributed by atoms with Gasteiger partial charge < -0.3 is 5.11 Å². The van der Waals surface area contributed by atoms with Crippen molar-refractivity contribution in [3.63, 3.8) is 0 Å². The van der Waals surface area contributed by atoms with Crippen molar-refractivity contribution in [3.05, 3.63) is 35.9 Å². The molecule has 0 bridgehead atoms. The van der Waals surface area contributed by atoms with Gasteiger partial charge in [0.15, 0.2) is 0 Å². The Balaban J connectivity index is 2.80. The SMILES string of the molecule is CCCCC(CC)CC(O)(CCCl)c1ccccc1. The lowest BCUT2D eigenvalue weighted by Gasteiger charge is -2.32. The lowest BCUT2D eigenvalue weighted by Crippen LogP contribution is -2.29. The summed E-state index contributed by atoms with van der Waals surface area (Å²) in [6.45, 7) is 4.43. The van der Waals surface area contributed by atoms with Crippen molar-refractivity contribution >= 4 is 11.6 Å². The van der Waals surface area contributed by atoms with Crippen LogP contribution in [0.15, 0.2) is 30.3 Å². The number of halogens is 1. The van der Waals surface area contributed by atoms with Crippen LogP contribution in [0.4, 0.5) is 0 Å². The predicted octanol–water partition coefficient (Wildman–Crippen LogP) is 5.11. The average Bonchev–Trinajstić information content (AvgIpc) is 2.44. The fourth-order valence-electron chi connectivity index (χ4n) is 2.69. The number of hydrogen-bond acceptors (Lipinski definition) is 1. The monoisotopic (exact) mass is 282 g/mol. The van der Waals surface area contributed by atoms with Crippen LogP contribution in [0.1, 0.15) is 57.9 Å². The van der Waals surface area contributed by atoms with E-state index in [9.17, 15) is 5.11 Å². The highest BCUT2D eigenvalue weighted by molar-refractivity contribution is 6.17. The Kier molecular flexibility index (Phi) is 7.48. The number of alkyl halides is 1. The van der Waals surface area contributed by atoms with E-state index in [0.717, 1.165) is 18.4 Å². The molecule has 0 fully saturated rings. The summed E-state index contributed by atoms with van der Waals surface area (Å²) >= 11 is 5.91. The van der Waals surface area contributed by atoms with Crippen LogP contribution in [0, 0.1) is 5.92 Å². The maximum Gasteiger partial charge on any atom is 0.0910 e. The molecule has 108 valence electrons. The molecule has 0 aromatic heterocycles. The summed E-state index contributed by atoms with van der Waals surface area (Å²) in [6.07, 6.45) is 6.23. The molecule has 0 spiro atoms. The first kappa shape index (κ1) is 16.5. The van der Waals surface area contributed by atoms with Crippen molar-refractivity contribution < 1.29 is 5.11 Å². The minimum Gasteiger partial charge on any atom is -0.385 e. The van der Waals surface area contributed by atoms with Gasteiger partial charge in [0.05, 0.1) is 5.60 Å². The molecule has 0 aliphatic rings. The van der Waals surface area contributed by atoms with Crippen LogP contribution in [0.5, 0.6) is 0 Å². The highest BCUT2D eigenvalue weighted by Gasteiger charge is 2.31. The average molecular weight is 283 g/mol. The minimum absolute atomic E-state index is 0.496. The van der Waals surface area contributed by atoms with Gasteiger partial charge in [-0.15, -0.1) is 11.6 Å². The van der Waals surface area contributed by atoms with Gasteiger partial charge in [-0.3, -0.25) is 0 Å². The molecule has 0 amide bonds. The first-order valence-corrected chi connectivity index (χ1v) is 8.03. The van der Waals surface area contributed by atoms with Crippen LogP contribution in [-0.2, 0) is 5.60 Å². The predicted molar refractivity (Wildman–Crippen MR) is 83.6 cm³/mol. The van der Waals surface area contributed by atoms with E-state index in [4.69, 9.17) is 11.6 Å². The second kappa shape index (κ2) is 8.60. The molecule has 0 aliphatic carbocycles. The van der Waals surface area contributed by atoms with Crippen LogP contribution >= 0.6 is 11.6 Å². The van der Waals surface area contributed by atoms with Crippen molar-refractivity contribution in [2.45, 2.75) is 58.0 Å². The zero-order valence-electron chi connectivity index (χ0n) is 12.2. The lowest BCUT2D eigenvalue weighted by molar-refractivity contribution is 0.00562. The standard InChI is InChI=1S/C17H27ClO/c1-3-5-9-15(4-2)14-17(19,12-13-18)16-10-7-6-8-11-16/h6-8,10-11,15,19H,3-5,9,12-14H2,1-2H3. The molecule has 2 unspecified atom stereocenters. The van der Waals surface area contributed by atoms with Crippen LogP contribution < -0.4 is 0 Å². The molecule has 2 heteroatoms. The molecule has 1 aromatic carbocycles. The van der Waals surface area contributed by atoms with Crippen molar-refractivity contribution in [1.82, 2.24) is 0 Å². The zero-order valence-corrected chi connectivity index (χ0v) is 13.0. The summed E-state index contributed by atoms with van der Waals surface area (Å²) < 4.78 is 0. The van der Waals surface area contributed by atoms with E-state index in [2.05, 4.69) is 13.8 Å². The molecule has 0 saturated carbocycles. The second-order valence-electron chi connectivity index (χ2n) is 5.46. The Morgan fingerprint density at radius 3 is 2.42 bits per heavy atom. The zero-order chi connectivity index (χ0) is 14.1. The number of aliphatic hydroxyl groups is 1. The molecule has 0 radical (unpaired) electrons. The first-order chi connectivity index (χ1) is 9.16. The van der Waals surface area contributed by atoms with Crippen molar-refractivity contribution in [3.8, 4) is 0 Å². The minimum atomic E-state index is -0.766. The lowest BCUT2D eigenvalue weighted by atomic mass is 9.80. The molecule has 0 heterocycles. The van der Waals surface area contributed by atoms with Crippen LogP contribution in [0.3, 0.4) is 0 Å². The maximum atomic E-state index is 11.0. The van der Waals surface area contributed by atoms with Gasteiger partial charge in [0, 0.05) is 5.88 Å². The van der Waals surface area contributed by atoms with Gasteiger partial charge in [0.2, 0.25) is 0 Å². The van der Waals surface area contributed by atoms with Crippen LogP contribution in [-0.4, -0.2) is 11.0 Å².